The second-order valence-corrected chi connectivity index (χ2v) is 9.79. The number of nitrogens with one attached hydrogen (secondary N) is 1. The summed E-state index contributed by atoms with van der Waals surface area (Å²) in [6.07, 6.45) is -1.65. The molecule has 1 aliphatic heterocycles. The van der Waals surface area contributed by atoms with Crippen molar-refractivity contribution in [3.63, 3.8) is 0 Å². The molecule has 1 amide bonds. The average molecular weight is 500 g/mol. The van der Waals surface area contributed by atoms with Gasteiger partial charge in [0.25, 0.3) is 5.91 Å². The molecule has 1 aliphatic carbocycles. The molecule has 3 aromatic heterocycles. The standard InChI is InChI=1S/C25H28F3N7O/c1-4-15(11-25(26,27)28)35-14-30-33-22(35)18-6-5-7-21(32-18)34-13-17-16(23(34)36)10-20(24(2)8-9-24)31-19(17)12-29-3/h5-7,10,14-15,29H,4,8-9,11-13H2,1-3H3/t15-/m1/s1. The fourth-order valence-electron chi connectivity index (χ4n) is 4.72. The summed E-state index contributed by atoms with van der Waals surface area (Å²) in [6.45, 7) is 4.72. The van der Waals surface area contributed by atoms with Crippen molar-refractivity contribution < 1.29 is 18.0 Å². The van der Waals surface area contributed by atoms with Crippen LogP contribution in [0.25, 0.3) is 11.5 Å². The molecule has 0 spiro atoms. The molecule has 0 saturated heterocycles. The Morgan fingerprint density at radius 3 is 2.67 bits per heavy atom. The third-order valence-corrected chi connectivity index (χ3v) is 7.11. The average Bonchev–Trinajstić information content (AvgIpc) is 3.26. The fourth-order valence-corrected chi connectivity index (χ4v) is 4.72. The molecule has 1 atom stereocenters. The van der Waals surface area contributed by atoms with E-state index in [0.29, 0.717) is 30.2 Å². The molecule has 190 valence electrons. The van der Waals surface area contributed by atoms with E-state index in [4.69, 9.17) is 4.98 Å². The number of pyridine rings is 2. The van der Waals surface area contributed by atoms with E-state index in [2.05, 4.69) is 27.4 Å². The number of amides is 1. The van der Waals surface area contributed by atoms with Crippen LogP contribution >= 0.6 is 0 Å². The smallest absolute Gasteiger partial charge is 0.314 e. The molecular weight excluding hydrogens is 471 g/mol. The van der Waals surface area contributed by atoms with Gasteiger partial charge in [-0.1, -0.05) is 19.9 Å². The van der Waals surface area contributed by atoms with Crippen LogP contribution in [0.1, 0.15) is 72.9 Å². The van der Waals surface area contributed by atoms with E-state index < -0.39 is 18.6 Å². The Hall–Kier alpha value is -3.34. The van der Waals surface area contributed by atoms with Gasteiger partial charge in [-0.3, -0.25) is 14.7 Å². The number of halogens is 3. The molecule has 0 aromatic carbocycles. The Morgan fingerprint density at radius 1 is 1.22 bits per heavy atom. The molecule has 3 aromatic rings. The number of carbonyl (C=O) groups is 1. The summed E-state index contributed by atoms with van der Waals surface area (Å²) in [5.41, 5.74) is 3.65. The summed E-state index contributed by atoms with van der Waals surface area (Å²) in [5, 5.41) is 11.1. The van der Waals surface area contributed by atoms with Crippen molar-refractivity contribution in [2.75, 3.05) is 11.9 Å². The van der Waals surface area contributed by atoms with Crippen LogP contribution in [0.15, 0.2) is 30.6 Å². The molecule has 36 heavy (non-hydrogen) atoms. The summed E-state index contributed by atoms with van der Waals surface area (Å²) in [5.74, 6) is 0.477. The van der Waals surface area contributed by atoms with Crippen LogP contribution in [-0.4, -0.2) is 43.9 Å². The Morgan fingerprint density at radius 2 is 2.00 bits per heavy atom. The zero-order valence-electron chi connectivity index (χ0n) is 20.4. The number of hydrogen-bond acceptors (Lipinski definition) is 6. The van der Waals surface area contributed by atoms with Gasteiger partial charge in [-0.15, -0.1) is 10.2 Å². The van der Waals surface area contributed by atoms with E-state index in [1.165, 1.54) is 10.9 Å². The van der Waals surface area contributed by atoms with Gasteiger partial charge in [-0.25, -0.2) is 4.98 Å². The van der Waals surface area contributed by atoms with Crippen molar-refractivity contribution in [1.82, 2.24) is 30.0 Å². The Kier molecular flexibility index (Phi) is 6.06. The predicted octanol–water partition coefficient (Wildman–Crippen LogP) is 4.57. The number of anilines is 1. The highest BCUT2D eigenvalue weighted by Crippen LogP contribution is 2.48. The SMILES string of the molecule is CC[C@H](CC(F)(F)F)n1cnnc1-c1cccc(N2Cc3c(cc(C4(C)CC4)nc3CNC)C2=O)n1. The van der Waals surface area contributed by atoms with Crippen LogP contribution in [0.3, 0.4) is 0 Å². The first-order valence-electron chi connectivity index (χ1n) is 12.1. The van der Waals surface area contributed by atoms with Gasteiger partial charge in [0.15, 0.2) is 5.82 Å². The van der Waals surface area contributed by atoms with Crippen LogP contribution in [0, 0.1) is 0 Å². The molecule has 0 bridgehead atoms. The number of carbonyl (C=O) groups excluding carboxylic acids is 1. The van der Waals surface area contributed by atoms with Crippen molar-refractivity contribution in [3.8, 4) is 11.5 Å². The summed E-state index contributed by atoms with van der Waals surface area (Å²) in [7, 11) is 1.84. The minimum absolute atomic E-state index is 0.0136. The molecule has 11 heteroatoms. The maximum Gasteiger partial charge on any atom is 0.391 e. The van der Waals surface area contributed by atoms with Crippen LogP contribution in [0.2, 0.25) is 0 Å². The molecule has 8 nitrogen and oxygen atoms in total. The summed E-state index contributed by atoms with van der Waals surface area (Å²) in [6, 6.07) is 6.16. The maximum absolute atomic E-state index is 13.5. The predicted molar refractivity (Wildman–Crippen MR) is 127 cm³/mol. The maximum atomic E-state index is 13.5. The zero-order chi connectivity index (χ0) is 25.7. The largest absolute Gasteiger partial charge is 0.391 e. The lowest BCUT2D eigenvalue weighted by Crippen LogP contribution is -2.24. The highest BCUT2D eigenvalue weighted by molar-refractivity contribution is 6.09. The van der Waals surface area contributed by atoms with Crippen molar-refractivity contribution in [3.05, 3.63) is 53.1 Å². The Balaban J connectivity index is 1.48. The second-order valence-electron chi connectivity index (χ2n) is 9.79. The van der Waals surface area contributed by atoms with Gasteiger partial charge in [0.1, 0.15) is 17.8 Å². The number of nitrogens with zero attached hydrogens (tertiary/aromatic N) is 6. The van der Waals surface area contributed by atoms with Gasteiger partial charge < -0.3 is 9.88 Å². The molecular formula is C25H28F3N7O. The first kappa shape index (κ1) is 24.4. The second kappa shape index (κ2) is 8.95. The molecule has 1 saturated carbocycles. The van der Waals surface area contributed by atoms with Crippen molar-refractivity contribution in [2.24, 2.45) is 0 Å². The minimum atomic E-state index is -4.32. The lowest BCUT2D eigenvalue weighted by molar-refractivity contribution is -0.143. The summed E-state index contributed by atoms with van der Waals surface area (Å²) in [4.78, 5) is 24.6. The number of aromatic nitrogens is 5. The third-order valence-electron chi connectivity index (χ3n) is 7.11. The van der Waals surface area contributed by atoms with Gasteiger partial charge in [-0.05, 0) is 44.5 Å². The molecule has 2 aliphatic rings. The van der Waals surface area contributed by atoms with E-state index in [-0.39, 0.29) is 23.6 Å². The Labute approximate surface area is 207 Å². The van der Waals surface area contributed by atoms with Gasteiger partial charge in [0, 0.05) is 34.8 Å². The van der Waals surface area contributed by atoms with Crippen molar-refractivity contribution in [1.29, 1.82) is 0 Å². The van der Waals surface area contributed by atoms with Gasteiger partial charge in [-0.2, -0.15) is 13.2 Å². The molecule has 1 fully saturated rings. The monoisotopic (exact) mass is 499 g/mol. The summed E-state index contributed by atoms with van der Waals surface area (Å²) < 4.78 is 40.8. The van der Waals surface area contributed by atoms with Crippen LogP contribution in [0.5, 0.6) is 0 Å². The summed E-state index contributed by atoms with van der Waals surface area (Å²) >= 11 is 0. The van der Waals surface area contributed by atoms with Gasteiger partial charge in [0.2, 0.25) is 0 Å². The van der Waals surface area contributed by atoms with Crippen molar-refractivity contribution in [2.45, 2.75) is 70.3 Å². The van der Waals surface area contributed by atoms with Gasteiger partial charge in [0.05, 0.1) is 18.7 Å². The minimum Gasteiger partial charge on any atom is -0.314 e. The highest BCUT2D eigenvalue weighted by atomic mass is 19.4. The van der Waals surface area contributed by atoms with Gasteiger partial charge >= 0.3 is 6.18 Å². The molecule has 0 unspecified atom stereocenters. The molecule has 0 radical (unpaired) electrons. The lowest BCUT2D eigenvalue weighted by Gasteiger charge is -2.20. The molecule has 1 N–H and O–H groups in total. The Bertz CT molecular complexity index is 1300. The third kappa shape index (κ3) is 4.47. The van der Waals surface area contributed by atoms with E-state index in [0.717, 1.165) is 29.8 Å². The van der Waals surface area contributed by atoms with E-state index in [9.17, 15) is 18.0 Å². The van der Waals surface area contributed by atoms with E-state index >= 15 is 0 Å². The number of fused-ring (bicyclic) bond motifs is 1. The zero-order valence-corrected chi connectivity index (χ0v) is 20.4. The van der Waals surface area contributed by atoms with Crippen LogP contribution < -0.4 is 10.2 Å². The normalized spacial score (nSPS) is 17.4. The van der Waals surface area contributed by atoms with Crippen LogP contribution in [0.4, 0.5) is 19.0 Å². The van der Waals surface area contributed by atoms with E-state index in [1.54, 1.807) is 30.0 Å². The fraction of sp³-hybridized carbons (Fsp3) is 0.480. The number of rotatable bonds is 8. The highest BCUT2D eigenvalue weighted by Gasteiger charge is 2.43. The topological polar surface area (TPSA) is 88.8 Å². The lowest BCUT2D eigenvalue weighted by atomic mass is 9.99. The van der Waals surface area contributed by atoms with Crippen molar-refractivity contribution >= 4 is 11.7 Å². The first-order valence-corrected chi connectivity index (χ1v) is 12.1. The first-order chi connectivity index (χ1) is 17.1. The number of hydrogen-bond donors (Lipinski definition) is 1. The quantitative estimate of drug-likeness (QED) is 0.489. The van der Waals surface area contributed by atoms with E-state index in [1.807, 2.05) is 13.1 Å². The van der Waals surface area contributed by atoms with Crippen LogP contribution in [-0.2, 0) is 18.5 Å². The molecule has 4 heterocycles. The number of alkyl halides is 3. The molecule has 5 rings (SSSR count).